The van der Waals surface area contributed by atoms with Crippen LogP contribution >= 0.6 is 0 Å². The number of amides is 10. The Bertz CT molecular complexity index is 4240. The number of aromatic nitrogens is 1. The number of likely N-dealkylation sites (tertiary alicyclic amines) is 1. The summed E-state index contributed by atoms with van der Waals surface area (Å²) >= 11 is 0. The van der Waals surface area contributed by atoms with Crippen LogP contribution in [0.2, 0.25) is 0 Å². The maximum atomic E-state index is 14.6. The first-order chi connectivity index (χ1) is 55.2. The van der Waals surface area contributed by atoms with Crippen LogP contribution in [0, 0.1) is 22.7 Å². The van der Waals surface area contributed by atoms with Gasteiger partial charge in [-0.05, 0) is 145 Å². The Morgan fingerprint density at radius 2 is 1.15 bits per heavy atom. The number of ketones is 3. The lowest BCUT2D eigenvalue weighted by atomic mass is 9.92. The number of hydrogen-bond acceptors (Lipinski definition) is 18. The summed E-state index contributed by atoms with van der Waals surface area (Å²) in [6.45, 7) is 14.4. The molecule has 0 bridgehead atoms. The molecule has 20 N–H and O–H groups in total. The standard InChI is InChI=1S/C83H112N16O17/c1-8-20-60(92-71(104)37-35-54(101)46-116-73-57-25-13-11-23-55(57)56-24-12-14-26-58(56)73)69(103)42-51(34-32-47(3)4)75(108)98-66(45-100)80(113)97-65(44-72(105)106)82(115)99-39-19-30-67(99)81(114)96-64(29-18-38-89-83(87)88)79(112)95-62(21-9-2)77(110)90-49(7)68(102)43-52(41-53-40-50-22-10-15-27-59(50)91-53)76(109)94-63(28-16-17-31-70(84)85)78(111)93-61(74(86)107)36-33-48(5)6/h8-15,22-27,32-33,40,49,51-52,60-67,73,91,100H,1-2,16-21,28-31,34-39,41-46H2,3-7H3,(H3,84,85)(H2,86,107)(H,90,110)(H,92,104)(H,93,111)(H,94,109)(H,95,112)(H,96,114)(H,97,113)(H,98,108)(H,105,106)(H4,87,88,89)/t49-,51+,52+,60-,61-,62-,63-,64-,65-,66-,67?/m0/s1. The van der Waals surface area contributed by atoms with E-state index in [9.17, 15) is 77.3 Å². The molecule has 2 heterocycles. The molecule has 2 aliphatic rings. The van der Waals surface area contributed by atoms with Crippen molar-refractivity contribution in [1.29, 1.82) is 10.8 Å². The topological polar surface area (TPSA) is 542 Å². The number of guanidine groups is 1. The Labute approximate surface area is 674 Å². The maximum Gasteiger partial charge on any atom is 0.305 e. The molecule has 33 heteroatoms. The molecule has 4 aromatic rings. The lowest BCUT2D eigenvalue weighted by Gasteiger charge is -2.30. The molecule has 626 valence electrons. The van der Waals surface area contributed by atoms with E-state index in [0.717, 1.165) is 49.2 Å². The number of unbranched alkanes of at least 4 members (excludes halogenated alkanes) is 1. The normalized spacial score (nSPS) is 15.3. The van der Waals surface area contributed by atoms with Gasteiger partial charge in [0.25, 0.3) is 0 Å². The van der Waals surface area contributed by atoms with Gasteiger partial charge in [-0.25, -0.2) is 0 Å². The van der Waals surface area contributed by atoms with Gasteiger partial charge in [0, 0.05) is 62.3 Å². The number of nitrogens with zero attached hydrogens (tertiary/aromatic N) is 1. The molecule has 1 saturated heterocycles. The predicted octanol–water partition coefficient (Wildman–Crippen LogP) is 3.46. The fourth-order valence-electron chi connectivity index (χ4n) is 13.6. The number of carboxylic acid groups (broad SMARTS) is 1. The largest absolute Gasteiger partial charge is 0.481 e. The van der Waals surface area contributed by atoms with Crippen LogP contribution in [0.1, 0.15) is 167 Å². The number of Topliss-reactive ketones (excluding diaryl/α,β-unsaturated/α-hetero) is 3. The van der Waals surface area contributed by atoms with Gasteiger partial charge < -0.3 is 89.9 Å². The van der Waals surface area contributed by atoms with Crippen molar-refractivity contribution in [2.75, 3.05) is 26.3 Å². The number of fused-ring (bicyclic) bond motifs is 4. The summed E-state index contributed by atoms with van der Waals surface area (Å²) in [6.07, 6.45) is 3.66. The van der Waals surface area contributed by atoms with Crippen molar-refractivity contribution in [3.05, 3.63) is 144 Å². The third kappa shape index (κ3) is 29.1. The van der Waals surface area contributed by atoms with Gasteiger partial charge in [-0.1, -0.05) is 109 Å². The van der Waals surface area contributed by atoms with Gasteiger partial charge >= 0.3 is 5.97 Å². The number of H-pyrrole nitrogens is 1. The monoisotopic (exact) mass is 1600 g/mol. The molecular formula is C83H112N16O17. The van der Waals surface area contributed by atoms with Crippen molar-refractivity contribution in [2.45, 2.75) is 211 Å². The highest BCUT2D eigenvalue weighted by atomic mass is 16.5. The summed E-state index contributed by atoms with van der Waals surface area (Å²) in [5.74, 6) is -14.9. The van der Waals surface area contributed by atoms with Crippen LogP contribution in [0.5, 0.6) is 0 Å². The molecule has 1 fully saturated rings. The molecule has 0 radical (unpaired) electrons. The molecule has 1 aromatic heterocycles. The number of amidine groups is 1. The van der Waals surface area contributed by atoms with Crippen LogP contribution in [-0.2, 0) is 78.3 Å². The summed E-state index contributed by atoms with van der Waals surface area (Å²) in [5.41, 5.74) is 23.5. The minimum Gasteiger partial charge on any atom is -0.481 e. The zero-order valence-corrected chi connectivity index (χ0v) is 66.4. The third-order valence-electron chi connectivity index (χ3n) is 19.8. The SMILES string of the molecule is C=CC[C@H](NC(=O)CCC(=O)COC1c2ccccc2-c2ccccc21)C(=O)C[C@@H](CC=C(C)C)C(=O)N[C@@H](CO)C(=O)N[C@@H](CC(=O)O)C(=O)N1CCCC1C(=O)N[C@@H](CCCNC(=N)N)C(=O)N[C@@H](CC=C)C(=O)N[C@@H](C)C(=O)C[C@@H](Cc1cc2ccccc2[nH]1)C(=O)N[C@@H](CCCCC(=N)N)C(=O)N[C@@H](CC=C(C)C)C(N)=O. The smallest absolute Gasteiger partial charge is 0.305 e. The number of hydrogen-bond donors (Lipinski definition) is 17. The van der Waals surface area contributed by atoms with Crippen molar-refractivity contribution in [3.63, 3.8) is 0 Å². The van der Waals surface area contributed by atoms with Crippen LogP contribution in [0.25, 0.3) is 22.0 Å². The average Bonchev–Trinajstić information content (AvgIpc) is 1.61. The first kappa shape index (κ1) is 92.9. The summed E-state index contributed by atoms with van der Waals surface area (Å²) < 4.78 is 6.11. The van der Waals surface area contributed by atoms with Crippen molar-refractivity contribution >= 4 is 105 Å². The first-order valence-corrected chi connectivity index (χ1v) is 38.9. The number of aliphatic carboxylic acids is 1. The van der Waals surface area contributed by atoms with Crippen molar-refractivity contribution < 1.29 is 82.1 Å². The number of carboxylic acids is 1. The van der Waals surface area contributed by atoms with Gasteiger partial charge in [-0.3, -0.25) is 77.9 Å². The van der Waals surface area contributed by atoms with E-state index in [4.69, 9.17) is 32.8 Å². The highest BCUT2D eigenvalue weighted by Gasteiger charge is 2.42. The van der Waals surface area contributed by atoms with Gasteiger partial charge in [0.15, 0.2) is 23.3 Å². The number of benzene rings is 3. The van der Waals surface area contributed by atoms with Gasteiger partial charge in [0.1, 0.15) is 55.0 Å². The highest BCUT2D eigenvalue weighted by molar-refractivity contribution is 6.01. The summed E-state index contributed by atoms with van der Waals surface area (Å²) in [4.78, 5) is 199. The Balaban J connectivity index is 1.11. The van der Waals surface area contributed by atoms with Gasteiger partial charge in [0.05, 0.1) is 36.9 Å². The molecule has 0 saturated carbocycles. The van der Waals surface area contributed by atoms with E-state index in [1.54, 1.807) is 45.9 Å². The molecule has 11 atom stereocenters. The van der Waals surface area contributed by atoms with Gasteiger partial charge in [-0.2, -0.15) is 0 Å². The summed E-state index contributed by atoms with van der Waals surface area (Å²) in [6, 6.07) is 11.5. The molecule has 1 unspecified atom stereocenters. The van der Waals surface area contributed by atoms with Crippen molar-refractivity contribution in [2.24, 2.45) is 29.0 Å². The van der Waals surface area contributed by atoms with Gasteiger partial charge in [-0.15, -0.1) is 13.2 Å². The molecular weight excluding hydrogens is 1490 g/mol. The maximum absolute atomic E-state index is 14.6. The lowest BCUT2D eigenvalue weighted by molar-refractivity contribution is -0.146. The number of primary amides is 1. The summed E-state index contributed by atoms with van der Waals surface area (Å²) in [7, 11) is 0. The van der Waals surface area contributed by atoms with Crippen molar-refractivity contribution in [1.82, 2.24) is 57.7 Å². The van der Waals surface area contributed by atoms with E-state index in [0.29, 0.717) is 18.5 Å². The molecule has 116 heavy (non-hydrogen) atoms. The number of carbonyl (C=O) groups is 14. The number of ether oxygens (including phenoxy) is 1. The van der Waals surface area contributed by atoms with Crippen LogP contribution < -0.4 is 65.1 Å². The lowest BCUT2D eigenvalue weighted by Crippen LogP contribution is -2.59. The Morgan fingerprint density at radius 1 is 0.595 bits per heavy atom. The number of para-hydroxylation sites is 1. The zero-order chi connectivity index (χ0) is 85.3. The number of aliphatic hydroxyl groups excluding tert-OH is 1. The molecule has 6 rings (SSSR count). The van der Waals surface area contributed by atoms with Crippen LogP contribution in [0.4, 0.5) is 0 Å². The molecule has 3 aromatic carbocycles. The molecule has 1 aliphatic heterocycles. The minimum absolute atomic E-state index is 0.0204. The second-order valence-corrected chi connectivity index (χ2v) is 29.7. The van der Waals surface area contributed by atoms with E-state index in [2.05, 4.69) is 66.0 Å². The highest BCUT2D eigenvalue weighted by Crippen LogP contribution is 2.45. The average molecular weight is 1610 g/mol. The van der Waals surface area contributed by atoms with E-state index in [-0.39, 0.29) is 115 Å². The van der Waals surface area contributed by atoms with E-state index < -0.39 is 181 Å². The minimum atomic E-state index is -1.92. The number of aliphatic hydroxyl groups is 1. The number of rotatable bonds is 51. The zero-order valence-electron chi connectivity index (χ0n) is 66.4. The van der Waals surface area contributed by atoms with Crippen LogP contribution in [-0.4, -0.2) is 195 Å². The number of nitrogens with two attached hydrogens (primary N) is 3. The number of aromatic amines is 1. The third-order valence-corrected chi connectivity index (χ3v) is 19.8. The molecule has 0 spiro atoms. The van der Waals surface area contributed by atoms with E-state index in [1.807, 2.05) is 72.8 Å². The van der Waals surface area contributed by atoms with Crippen molar-refractivity contribution in [3.8, 4) is 11.1 Å². The van der Waals surface area contributed by atoms with E-state index >= 15 is 0 Å². The Morgan fingerprint density at radius 3 is 1.76 bits per heavy atom. The first-order valence-electron chi connectivity index (χ1n) is 38.9. The Hall–Kier alpha value is -12.0. The van der Waals surface area contributed by atoms with Crippen LogP contribution in [0.3, 0.4) is 0 Å². The van der Waals surface area contributed by atoms with Crippen LogP contribution in [0.15, 0.2) is 127 Å². The number of allylic oxidation sites excluding steroid dienone is 3. The number of carbonyl (C=O) groups excluding carboxylic acids is 13. The molecule has 33 nitrogen and oxygen atoms in total. The van der Waals surface area contributed by atoms with E-state index in [1.165, 1.54) is 19.1 Å². The second kappa shape index (κ2) is 46.4. The molecule has 1 aliphatic carbocycles. The van der Waals surface area contributed by atoms with Gasteiger partial charge in [0.2, 0.25) is 59.1 Å². The second-order valence-electron chi connectivity index (χ2n) is 29.7. The predicted molar refractivity (Wildman–Crippen MR) is 434 cm³/mol. The fraction of sp³-hybridized carbons (Fsp3) is 0.470. The summed E-state index contributed by atoms with van der Waals surface area (Å²) in [5, 5.41) is 60.0. The quantitative estimate of drug-likeness (QED) is 0.0130. The number of nitrogens with one attached hydrogen (secondary N) is 12. The molecule has 10 amide bonds. The fourth-order valence-corrected chi connectivity index (χ4v) is 13.6. The Kier molecular flexibility index (Phi) is 37.1.